The van der Waals surface area contributed by atoms with Gasteiger partial charge in [0.05, 0.1) is 42.7 Å². The van der Waals surface area contributed by atoms with E-state index >= 15 is 0 Å². The van der Waals surface area contributed by atoms with Crippen LogP contribution in [-0.4, -0.2) is 176 Å². The standard InChI is InChI=1S/C59H94N10O13/c1-15-37(8)50(45(80-13)32-46(70)69-30-20-24-44(69)51(81-14)38(9)52(71)65-43(57(76)77)31-39-21-17-16-18-22-39)67(11)56(75)48(35(4)5)66-55(74)49(36(6)7)68(12)59(79)82-33-40-25-27-41(28-26-40)63-53(72)42(23-19-29-62-58(60)78)64-54(73)47(61-10)34(2)3/h16-18,21-22,25-28,34-38,42-45,47-51,61H,15,19-20,23-24,29-33H2,1-14H3,(H,63,72)(H,64,73)(H,65,71)(H,66,74)(H,76,77)(H3,60,62,78)/t37-,38-,42?,43+,44?,45+,47-,48-,49-,50-,51+/m0/s1. The molecule has 2 aromatic carbocycles. The topological polar surface area (TPSA) is 309 Å². The van der Waals surface area contributed by atoms with E-state index < -0.39 is 114 Å². The van der Waals surface area contributed by atoms with E-state index in [0.29, 0.717) is 43.5 Å². The van der Waals surface area contributed by atoms with E-state index in [9.17, 15) is 48.3 Å². The van der Waals surface area contributed by atoms with E-state index in [1.807, 2.05) is 33.8 Å². The highest BCUT2D eigenvalue weighted by Gasteiger charge is 2.44. The Balaban J connectivity index is 1.71. The number of nitrogens with zero attached hydrogens (tertiary/aromatic N) is 3. The second-order valence-electron chi connectivity index (χ2n) is 22.5. The minimum absolute atomic E-state index is 0.0535. The molecule has 1 aliphatic rings. The van der Waals surface area contributed by atoms with Crippen molar-refractivity contribution >= 4 is 59.2 Å². The number of primary amides is 1. The number of aliphatic carboxylic acids is 1. The lowest BCUT2D eigenvalue weighted by molar-refractivity contribution is -0.148. The number of hydrogen-bond acceptors (Lipinski definition) is 13. The highest BCUT2D eigenvalue weighted by atomic mass is 16.6. The number of nitrogens with two attached hydrogens (primary N) is 1. The number of carbonyl (C=O) groups excluding carboxylic acids is 8. The Bertz CT molecular complexity index is 2410. The summed E-state index contributed by atoms with van der Waals surface area (Å²) in [5.74, 6) is -5.69. The number of carboxylic acids is 1. The molecule has 11 atom stereocenters. The molecule has 0 spiro atoms. The van der Waals surface area contributed by atoms with Gasteiger partial charge in [0.1, 0.15) is 30.8 Å². The minimum Gasteiger partial charge on any atom is -0.480 e. The Hall–Kier alpha value is -6.85. The summed E-state index contributed by atoms with van der Waals surface area (Å²) in [6, 6.07) is 8.93. The molecule has 0 saturated carbocycles. The van der Waals surface area contributed by atoms with Crippen LogP contribution in [0.15, 0.2) is 54.6 Å². The van der Waals surface area contributed by atoms with Crippen molar-refractivity contribution in [2.75, 3.05) is 53.8 Å². The van der Waals surface area contributed by atoms with Crippen molar-refractivity contribution in [1.82, 2.24) is 41.3 Å². The van der Waals surface area contributed by atoms with Crippen LogP contribution in [0.3, 0.4) is 0 Å². The molecule has 458 valence electrons. The molecule has 23 heteroatoms. The summed E-state index contributed by atoms with van der Waals surface area (Å²) in [5.41, 5.74) is 6.92. The zero-order chi connectivity index (χ0) is 61.5. The number of amides is 9. The van der Waals surface area contributed by atoms with E-state index in [4.69, 9.17) is 19.9 Å². The predicted molar refractivity (Wildman–Crippen MR) is 311 cm³/mol. The molecular formula is C59H94N10O13. The van der Waals surface area contributed by atoms with Crippen molar-refractivity contribution in [2.24, 2.45) is 35.3 Å². The van der Waals surface area contributed by atoms with Crippen LogP contribution in [0.5, 0.6) is 0 Å². The third kappa shape index (κ3) is 20.2. The van der Waals surface area contributed by atoms with Crippen molar-refractivity contribution < 1.29 is 62.5 Å². The van der Waals surface area contributed by atoms with Gasteiger partial charge in [-0.1, -0.05) is 111 Å². The van der Waals surface area contributed by atoms with Crippen LogP contribution in [0.25, 0.3) is 0 Å². The monoisotopic (exact) mass is 1150 g/mol. The third-order valence-electron chi connectivity index (χ3n) is 15.4. The number of urea groups is 1. The highest BCUT2D eigenvalue weighted by molar-refractivity contribution is 5.98. The van der Waals surface area contributed by atoms with Crippen LogP contribution in [0.1, 0.15) is 112 Å². The Labute approximate surface area is 484 Å². The van der Waals surface area contributed by atoms with Gasteiger partial charge in [0.15, 0.2) is 0 Å². The number of likely N-dealkylation sites (N-methyl/N-ethyl adjacent to an activating group) is 3. The summed E-state index contributed by atoms with van der Waals surface area (Å²) < 4.78 is 17.6. The smallest absolute Gasteiger partial charge is 0.410 e. The SMILES string of the molecule is CC[C@H](C)[C@@H]([C@@H](CC(=O)N1CCCC1[C@H](OC)[C@H](C)C(=O)N[C@H](Cc1ccccc1)C(=O)O)OC)N(C)C(=O)[C@@H](NC(=O)[C@H](C(C)C)N(C)C(=O)OCc1ccc(NC(=O)C(CCCNC(N)=O)NC(=O)[C@@H](NC)C(C)C)cc1)C(C)C. The van der Waals surface area contributed by atoms with Crippen molar-refractivity contribution in [3.05, 3.63) is 65.7 Å². The predicted octanol–water partition coefficient (Wildman–Crippen LogP) is 4.27. The van der Waals surface area contributed by atoms with Crippen molar-refractivity contribution in [3.63, 3.8) is 0 Å². The zero-order valence-electron chi connectivity index (χ0n) is 50.6. The van der Waals surface area contributed by atoms with Gasteiger partial charge in [-0.2, -0.15) is 0 Å². The number of anilines is 1. The van der Waals surface area contributed by atoms with Gasteiger partial charge in [-0.3, -0.25) is 33.7 Å². The third-order valence-corrected chi connectivity index (χ3v) is 15.4. The van der Waals surface area contributed by atoms with Gasteiger partial charge >= 0.3 is 18.1 Å². The number of likely N-dealkylation sites (tertiary alicyclic amines) is 1. The van der Waals surface area contributed by atoms with Crippen molar-refractivity contribution in [3.8, 4) is 0 Å². The Kier molecular flexibility index (Phi) is 28.7. The molecule has 0 bridgehead atoms. The lowest BCUT2D eigenvalue weighted by atomic mass is 9.89. The molecule has 82 heavy (non-hydrogen) atoms. The number of rotatable bonds is 33. The molecule has 1 fully saturated rings. The summed E-state index contributed by atoms with van der Waals surface area (Å²) in [6.45, 7) is 16.9. The molecule has 0 aromatic heterocycles. The molecule has 0 radical (unpaired) electrons. The first kappa shape index (κ1) is 69.4. The van der Waals surface area contributed by atoms with Gasteiger partial charge in [-0.15, -0.1) is 0 Å². The number of methoxy groups -OCH3 is 2. The van der Waals surface area contributed by atoms with Crippen molar-refractivity contribution in [2.45, 2.75) is 168 Å². The lowest BCUT2D eigenvalue weighted by Crippen LogP contribution is -2.60. The molecule has 1 heterocycles. The Morgan fingerprint density at radius 3 is 1.90 bits per heavy atom. The van der Waals surface area contributed by atoms with E-state index in [2.05, 4.69) is 31.9 Å². The van der Waals surface area contributed by atoms with E-state index in [-0.39, 0.29) is 56.1 Å². The van der Waals surface area contributed by atoms with Crippen LogP contribution >= 0.6 is 0 Å². The average Bonchev–Trinajstić information content (AvgIpc) is 4.05. The van der Waals surface area contributed by atoms with Gasteiger partial charge in [0, 0.05) is 53.5 Å². The maximum Gasteiger partial charge on any atom is 0.410 e. The van der Waals surface area contributed by atoms with Crippen LogP contribution in [0.4, 0.5) is 15.3 Å². The number of carboxylic acid groups (broad SMARTS) is 1. The molecule has 9 amide bonds. The van der Waals surface area contributed by atoms with E-state index in [1.54, 1.807) is 102 Å². The summed E-state index contributed by atoms with van der Waals surface area (Å²) in [7, 11) is 7.68. The van der Waals surface area contributed by atoms with Gasteiger partial charge in [0.25, 0.3) is 0 Å². The summed E-state index contributed by atoms with van der Waals surface area (Å²) in [6.07, 6.45) is -0.00984. The maximum atomic E-state index is 14.7. The fourth-order valence-corrected chi connectivity index (χ4v) is 10.6. The van der Waals surface area contributed by atoms with E-state index in [1.165, 1.54) is 31.1 Å². The van der Waals surface area contributed by atoms with Gasteiger partial charge in [0.2, 0.25) is 35.4 Å². The summed E-state index contributed by atoms with van der Waals surface area (Å²) in [5, 5.41) is 26.7. The normalized spacial score (nSPS) is 17.0. The molecule has 1 saturated heterocycles. The van der Waals surface area contributed by atoms with Crippen LogP contribution in [0.2, 0.25) is 0 Å². The van der Waals surface area contributed by atoms with Gasteiger partial charge in [-0.05, 0) is 79.7 Å². The molecule has 2 unspecified atom stereocenters. The minimum atomic E-state index is -1.18. The van der Waals surface area contributed by atoms with E-state index in [0.717, 1.165) is 5.56 Å². The maximum absolute atomic E-state index is 14.7. The van der Waals surface area contributed by atoms with Gasteiger partial charge < -0.3 is 66.8 Å². The first-order valence-electron chi connectivity index (χ1n) is 28.5. The first-order chi connectivity index (χ1) is 38.7. The molecule has 3 rings (SSSR count). The van der Waals surface area contributed by atoms with Crippen LogP contribution in [-0.2, 0) is 60.8 Å². The summed E-state index contributed by atoms with van der Waals surface area (Å²) in [4.78, 5) is 125. The number of ether oxygens (including phenoxy) is 3. The molecule has 1 aliphatic heterocycles. The fraction of sp³-hybridized carbons (Fsp3) is 0.644. The highest BCUT2D eigenvalue weighted by Crippen LogP contribution is 2.30. The van der Waals surface area contributed by atoms with Gasteiger partial charge in [-0.25, -0.2) is 14.4 Å². The fourth-order valence-electron chi connectivity index (χ4n) is 10.6. The number of nitrogens with one attached hydrogen (secondary N) is 6. The quantitative estimate of drug-likeness (QED) is 0.0463. The van der Waals surface area contributed by atoms with Crippen LogP contribution in [0, 0.1) is 29.6 Å². The molecule has 2 aromatic rings. The molecular weight excluding hydrogens is 1060 g/mol. The summed E-state index contributed by atoms with van der Waals surface area (Å²) >= 11 is 0. The zero-order valence-corrected chi connectivity index (χ0v) is 50.6. The number of benzene rings is 2. The van der Waals surface area contributed by atoms with Crippen molar-refractivity contribution in [1.29, 1.82) is 0 Å². The number of carbonyl (C=O) groups is 9. The first-order valence-corrected chi connectivity index (χ1v) is 28.5. The Morgan fingerprint density at radius 2 is 1.37 bits per heavy atom. The molecule has 23 nitrogen and oxygen atoms in total. The average molecular weight is 1150 g/mol. The second kappa shape index (κ2) is 33.9. The Morgan fingerprint density at radius 1 is 0.744 bits per heavy atom. The number of hydrogen-bond donors (Lipinski definition) is 8. The molecule has 0 aliphatic carbocycles. The molecule has 9 N–H and O–H groups in total. The second-order valence-corrected chi connectivity index (χ2v) is 22.5. The van der Waals surface area contributed by atoms with Crippen LogP contribution < -0.4 is 37.6 Å². The largest absolute Gasteiger partial charge is 0.480 e. The lowest BCUT2D eigenvalue weighted by Gasteiger charge is -2.41.